The number of anilines is 9. The van der Waals surface area contributed by atoms with E-state index in [-0.39, 0.29) is 28.4 Å². The van der Waals surface area contributed by atoms with Crippen LogP contribution in [-0.2, 0) is 21.7 Å². The summed E-state index contributed by atoms with van der Waals surface area (Å²) < 4.78 is 12.1. The smallest absolute Gasteiger partial charge is 0.264 e. The Labute approximate surface area is 468 Å². The standard InChI is InChI=1S/C72H65BN4OS/c1-69(2,3)42-30-32-54-50(34-42)51-36-44(71(7,8)9)38-58-65(51)75(54)59-39-45(72(10,11)12)37-53-67(59)77(58)57-41-48(74(46-22-15-13-16-23-46)47-24-17-14-18-25-47)40-56-64(57)73(53)68-66(52-35-43(70(4,5)6)31-33-62(52)79-68)76(56)55-27-21-29-61-63(55)49-26-19-20-28-60(49)78-61/h13-41H,1-12H3. The molecule has 0 unspecified atom stereocenters. The Morgan fingerprint density at radius 3 is 1.63 bits per heavy atom. The first-order valence-corrected chi connectivity index (χ1v) is 29.0. The van der Waals surface area contributed by atoms with Gasteiger partial charge in [0, 0.05) is 53.8 Å². The van der Waals surface area contributed by atoms with Gasteiger partial charge in [0.15, 0.2) is 0 Å². The van der Waals surface area contributed by atoms with Crippen LogP contribution in [0.5, 0.6) is 0 Å². The van der Waals surface area contributed by atoms with Crippen molar-refractivity contribution in [1.29, 1.82) is 0 Å². The van der Waals surface area contributed by atoms with Crippen molar-refractivity contribution < 1.29 is 4.42 Å². The Morgan fingerprint density at radius 1 is 0.418 bits per heavy atom. The molecular formula is C72H65BN4OS. The predicted octanol–water partition coefficient (Wildman–Crippen LogP) is 19.0. The van der Waals surface area contributed by atoms with Crippen LogP contribution in [0, 0.1) is 0 Å². The summed E-state index contributed by atoms with van der Waals surface area (Å²) in [6, 6.07) is 67.0. The van der Waals surface area contributed by atoms with Crippen molar-refractivity contribution in [3.05, 3.63) is 198 Å². The molecule has 0 bridgehead atoms. The van der Waals surface area contributed by atoms with Crippen LogP contribution in [0.15, 0.2) is 180 Å². The van der Waals surface area contributed by atoms with Gasteiger partial charge in [-0.25, -0.2) is 0 Å². The molecule has 3 aromatic heterocycles. The van der Waals surface area contributed by atoms with Gasteiger partial charge in [0.25, 0.3) is 6.71 Å². The van der Waals surface area contributed by atoms with Crippen LogP contribution in [0.2, 0.25) is 0 Å². The molecule has 12 aromatic rings. The summed E-state index contributed by atoms with van der Waals surface area (Å²) in [6.45, 7) is 28.2. The monoisotopic (exact) mass is 1040 g/mol. The van der Waals surface area contributed by atoms with Crippen LogP contribution >= 0.6 is 11.3 Å². The molecule has 9 aromatic carbocycles. The van der Waals surface area contributed by atoms with E-state index < -0.39 is 0 Å². The van der Waals surface area contributed by atoms with Gasteiger partial charge in [-0.15, -0.1) is 11.3 Å². The topological polar surface area (TPSA) is 27.8 Å². The third-order valence-corrected chi connectivity index (χ3v) is 18.6. The van der Waals surface area contributed by atoms with Gasteiger partial charge in [0.1, 0.15) is 11.2 Å². The molecule has 5 nitrogen and oxygen atoms in total. The van der Waals surface area contributed by atoms with Crippen molar-refractivity contribution in [3.63, 3.8) is 0 Å². The zero-order valence-corrected chi connectivity index (χ0v) is 48.2. The Morgan fingerprint density at radius 2 is 0.975 bits per heavy atom. The van der Waals surface area contributed by atoms with E-state index in [4.69, 9.17) is 4.42 Å². The van der Waals surface area contributed by atoms with Crippen LogP contribution in [-0.4, -0.2) is 11.3 Å². The molecular weight excluding hydrogens is 980 g/mol. The summed E-state index contributed by atoms with van der Waals surface area (Å²) in [4.78, 5) is 7.84. The van der Waals surface area contributed by atoms with Crippen molar-refractivity contribution >= 4 is 139 Å². The van der Waals surface area contributed by atoms with Crippen molar-refractivity contribution in [1.82, 2.24) is 4.57 Å². The first kappa shape index (κ1) is 48.2. The highest BCUT2D eigenvalue weighted by atomic mass is 32.1. The van der Waals surface area contributed by atoms with E-state index in [1.165, 1.54) is 98.3 Å². The van der Waals surface area contributed by atoms with Crippen LogP contribution in [0.4, 0.5) is 51.2 Å². The summed E-state index contributed by atoms with van der Waals surface area (Å²) in [7, 11) is 0. The molecule has 0 radical (unpaired) electrons. The number of nitrogens with zero attached hydrogens (tertiary/aromatic N) is 4. The van der Waals surface area contributed by atoms with Crippen molar-refractivity contribution in [3.8, 4) is 5.69 Å². The van der Waals surface area contributed by atoms with E-state index in [9.17, 15) is 0 Å². The van der Waals surface area contributed by atoms with Crippen LogP contribution in [0.3, 0.4) is 0 Å². The third kappa shape index (κ3) is 7.00. The molecule has 0 atom stereocenters. The number of benzene rings is 9. The van der Waals surface area contributed by atoms with Gasteiger partial charge in [-0.1, -0.05) is 162 Å². The summed E-state index contributed by atoms with van der Waals surface area (Å²) in [5, 5.41) is 6.08. The van der Waals surface area contributed by atoms with E-state index in [0.717, 1.165) is 50.4 Å². The summed E-state index contributed by atoms with van der Waals surface area (Å²) in [6.07, 6.45) is 0. The van der Waals surface area contributed by atoms with Crippen LogP contribution < -0.4 is 30.4 Å². The molecule has 15 rings (SSSR count). The Hall–Kier alpha value is -8.00. The highest BCUT2D eigenvalue weighted by molar-refractivity contribution is 7.33. The summed E-state index contributed by atoms with van der Waals surface area (Å²) in [5.41, 5.74) is 23.5. The minimum absolute atomic E-state index is 0.0289. The highest BCUT2D eigenvalue weighted by Crippen LogP contribution is 2.57. The molecule has 0 spiro atoms. The molecule has 3 aliphatic heterocycles. The first-order valence-electron chi connectivity index (χ1n) is 28.2. The van der Waals surface area contributed by atoms with Gasteiger partial charge in [-0.2, -0.15) is 0 Å². The van der Waals surface area contributed by atoms with Gasteiger partial charge < -0.3 is 23.7 Å². The number of thiophene rings is 1. The SMILES string of the molecule is CC(C)(C)c1cc2c3c(c1)-n1c4ccc(C(C)(C)C)cc4c4cc(C(C)(C)C)cc(c41)N3c1cc(N(c3ccccc3)c3ccccc3)cc3c1B2c1sc2ccc(C(C)(C)C)cc2c1N3c1cccc2oc3ccccc3c12. The lowest BCUT2D eigenvalue weighted by Crippen LogP contribution is -2.61. The van der Waals surface area contributed by atoms with Gasteiger partial charge in [-0.05, 0) is 152 Å². The molecule has 0 aliphatic carbocycles. The minimum atomic E-state index is -0.156. The number of furan rings is 1. The minimum Gasteiger partial charge on any atom is -0.456 e. The molecule has 0 saturated carbocycles. The van der Waals surface area contributed by atoms with Gasteiger partial charge in [0.2, 0.25) is 0 Å². The van der Waals surface area contributed by atoms with E-state index in [1.807, 2.05) is 11.3 Å². The molecule has 0 saturated heterocycles. The van der Waals surface area contributed by atoms with Crippen LogP contribution in [0.25, 0.3) is 59.5 Å². The maximum absolute atomic E-state index is 6.81. The van der Waals surface area contributed by atoms with Gasteiger partial charge in [-0.3, -0.25) is 0 Å². The second-order valence-corrected chi connectivity index (χ2v) is 27.8. The molecule has 388 valence electrons. The van der Waals surface area contributed by atoms with E-state index in [1.54, 1.807) is 0 Å². The molecule has 0 N–H and O–H groups in total. The van der Waals surface area contributed by atoms with E-state index in [0.29, 0.717) is 0 Å². The normalized spacial score (nSPS) is 14.0. The lowest BCUT2D eigenvalue weighted by Gasteiger charge is -2.46. The second kappa shape index (κ2) is 16.3. The third-order valence-electron chi connectivity index (χ3n) is 17.4. The lowest BCUT2D eigenvalue weighted by molar-refractivity contribution is 0.590. The number of aromatic nitrogens is 1. The highest BCUT2D eigenvalue weighted by Gasteiger charge is 2.49. The average Bonchev–Trinajstić information content (AvgIpc) is 3.23. The molecule has 6 heterocycles. The molecule has 0 amide bonds. The van der Waals surface area contributed by atoms with Crippen molar-refractivity contribution in [2.24, 2.45) is 0 Å². The first-order chi connectivity index (χ1) is 37.7. The number of rotatable bonds is 4. The maximum Gasteiger partial charge on any atom is 0.264 e. The van der Waals surface area contributed by atoms with Crippen LogP contribution in [0.1, 0.15) is 105 Å². The van der Waals surface area contributed by atoms with Gasteiger partial charge >= 0.3 is 0 Å². The number of para-hydroxylation sites is 3. The fourth-order valence-electron chi connectivity index (χ4n) is 13.3. The lowest BCUT2D eigenvalue weighted by atomic mass is 9.35. The Bertz CT molecular complexity index is 4510. The average molecular weight is 1050 g/mol. The zero-order valence-electron chi connectivity index (χ0n) is 47.4. The Kier molecular flexibility index (Phi) is 9.94. The molecule has 7 heteroatoms. The molecule has 0 fully saturated rings. The summed E-state index contributed by atoms with van der Waals surface area (Å²) in [5.74, 6) is 0. The van der Waals surface area contributed by atoms with Crippen molar-refractivity contribution in [2.45, 2.75) is 105 Å². The number of hydrogen-bond acceptors (Lipinski definition) is 5. The van der Waals surface area contributed by atoms with E-state index in [2.05, 4.69) is 278 Å². The fraction of sp³-hybridized carbons (Fsp3) is 0.222. The molecule has 3 aliphatic rings. The quantitative estimate of drug-likeness (QED) is 0.164. The second-order valence-electron chi connectivity index (χ2n) is 26.7. The largest absolute Gasteiger partial charge is 0.456 e. The maximum atomic E-state index is 6.81. The fourth-order valence-corrected chi connectivity index (χ4v) is 14.6. The number of fused-ring (bicyclic) bond motifs is 14. The van der Waals surface area contributed by atoms with E-state index >= 15 is 0 Å². The predicted molar refractivity (Wildman–Crippen MR) is 341 cm³/mol. The summed E-state index contributed by atoms with van der Waals surface area (Å²) >= 11 is 1.97. The van der Waals surface area contributed by atoms with Crippen molar-refractivity contribution in [2.75, 3.05) is 14.7 Å². The number of hydrogen-bond donors (Lipinski definition) is 0. The zero-order chi connectivity index (χ0) is 54.4. The Balaban J connectivity index is 1.17. The molecule has 79 heavy (non-hydrogen) atoms. The van der Waals surface area contributed by atoms with Gasteiger partial charge in [0.05, 0.1) is 50.5 Å².